The maximum atomic E-state index is 5.86. The minimum absolute atomic E-state index is 0.219. The Hall–Kier alpha value is -2.77. The molecule has 31 heavy (non-hydrogen) atoms. The molecule has 1 heterocycles. The number of methoxy groups -OCH3 is 1. The Kier molecular flexibility index (Phi) is 8.99. The SMILES string of the molecule is CN=C(NCCOc1ccccc1C)NCC(c1ccc(OC)cc1)N1CCOCC1. The van der Waals surface area contributed by atoms with Gasteiger partial charge >= 0.3 is 0 Å². The van der Waals surface area contributed by atoms with E-state index in [9.17, 15) is 0 Å². The molecular formula is C24H34N4O3. The Labute approximate surface area is 185 Å². The quantitative estimate of drug-likeness (QED) is 0.365. The van der Waals surface area contributed by atoms with Gasteiger partial charge in [0.25, 0.3) is 0 Å². The number of morpholine rings is 1. The Morgan fingerprint density at radius 3 is 2.52 bits per heavy atom. The summed E-state index contributed by atoms with van der Waals surface area (Å²) in [5.41, 5.74) is 2.38. The van der Waals surface area contributed by atoms with E-state index in [1.165, 1.54) is 5.56 Å². The Morgan fingerprint density at radius 2 is 1.84 bits per heavy atom. The zero-order valence-corrected chi connectivity index (χ0v) is 18.8. The van der Waals surface area contributed by atoms with E-state index in [4.69, 9.17) is 14.2 Å². The van der Waals surface area contributed by atoms with Gasteiger partial charge in [-0.15, -0.1) is 0 Å². The average Bonchev–Trinajstić information content (AvgIpc) is 2.82. The summed E-state index contributed by atoms with van der Waals surface area (Å²) in [6, 6.07) is 16.5. The lowest BCUT2D eigenvalue weighted by Gasteiger charge is -2.35. The smallest absolute Gasteiger partial charge is 0.191 e. The highest BCUT2D eigenvalue weighted by molar-refractivity contribution is 5.79. The first-order valence-electron chi connectivity index (χ1n) is 10.8. The normalized spacial score (nSPS) is 15.9. The van der Waals surface area contributed by atoms with Crippen LogP contribution in [0.2, 0.25) is 0 Å². The highest BCUT2D eigenvalue weighted by Crippen LogP contribution is 2.23. The first-order chi connectivity index (χ1) is 15.2. The van der Waals surface area contributed by atoms with Gasteiger partial charge in [-0.2, -0.15) is 0 Å². The van der Waals surface area contributed by atoms with Gasteiger partial charge in [-0.05, 0) is 36.2 Å². The molecule has 0 amide bonds. The van der Waals surface area contributed by atoms with Crippen molar-refractivity contribution in [3.05, 3.63) is 59.7 Å². The summed E-state index contributed by atoms with van der Waals surface area (Å²) >= 11 is 0. The fraction of sp³-hybridized carbons (Fsp3) is 0.458. The molecule has 1 saturated heterocycles. The molecule has 7 nitrogen and oxygen atoms in total. The van der Waals surface area contributed by atoms with Gasteiger partial charge in [0.2, 0.25) is 0 Å². The van der Waals surface area contributed by atoms with Crippen LogP contribution in [0.15, 0.2) is 53.5 Å². The minimum atomic E-state index is 0.219. The highest BCUT2D eigenvalue weighted by Gasteiger charge is 2.23. The molecule has 1 aliphatic heterocycles. The molecule has 3 rings (SSSR count). The van der Waals surface area contributed by atoms with Crippen LogP contribution in [0.3, 0.4) is 0 Å². The molecule has 168 valence electrons. The topological polar surface area (TPSA) is 67.4 Å². The number of aryl methyl sites for hydroxylation is 1. The second-order valence-corrected chi connectivity index (χ2v) is 7.43. The summed E-state index contributed by atoms with van der Waals surface area (Å²) in [4.78, 5) is 6.82. The van der Waals surface area contributed by atoms with E-state index in [0.717, 1.165) is 55.9 Å². The van der Waals surface area contributed by atoms with Gasteiger partial charge in [0.15, 0.2) is 5.96 Å². The Balaban J connectivity index is 1.53. The van der Waals surface area contributed by atoms with Crippen molar-refractivity contribution in [2.24, 2.45) is 4.99 Å². The van der Waals surface area contributed by atoms with Crippen molar-refractivity contribution in [2.45, 2.75) is 13.0 Å². The summed E-state index contributed by atoms with van der Waals surface area (Å²) in [6.45, 7) is 7.36. The van der Waals surface area contributed by atoms with Gasteiger partial charge in [-0.25, -0.2) is 0 Å². The largest absolute Gasteiger partial charge is 0.497 e. The van der Waals surface area contributed by atoms with Crippen LogP contribution in [-0.2, 0) is 4.74 Å². The minimum Gasteiger partial charge on any atom is -0.497 e. The standard InChI is InChI=1S/C24H34N4O3/c1-19-6-4-5-7-23(19)31-15-12-26-24(25-2)27-18-22(28-13-16-30-17-14-28)20-8-10-21(29-3)11-9-20/h4-11,22H,12-18H2,1-3H3,(H2,25,26,27). The monoisotopic (exact) mass is 426 g/mol. The predicted octanol–water partition coefficient (Wildman–Crippen LogP) is 2.62. The lowest BCUT2D eigenvalue weighted by molar-refractivity contribution is 0.0170. The summed E-state index contributed by atoms with van der Waals surface area (Å²) in [5, 5.41) is 6.81. The molecule has 7 heteroatoms. The summed E-state index contributed by atoms with van der Waals surface area (Å²) in [7, 11) is 3.48. The van der Waals surface area contributed by atoms with E-state index in [2.05, 4.69) is 32.7 Å². The maximum Gasteiger partial charge on any atom is 0.191 e. The van der Waals surface area contributed by atoms with E-state index in [-0.39, 0.29) is 6.04 Å². The predicted molar refractivity (Wildman–Crippen MR) is 124 cm³/mol. The second-order valence-electron chi connectivity index (χ2n) is 7.43. The van der Waals surface area contributed by atoms with Gasteiger partial charge in [0.05, 0.1) is 32.9 Å². The number of ether oxygens (including phenoxy) is 3. The Morgan fingerprint density at radius 1 is 1.10 bits per heavy atom. The van der Waals surface area contributed by atoms with Crippen molar-refractivity contribution in [3.8, 4) is 11.5 Å². The van der Waals surface area contributed by atoms with E-state index < -0.39 is 0 Å². The first kappa shape index (κ1) is 22.9. The zero-order chi connectivity index (χ0) is 21.9. The third kappa shape index (κ3) is 6.87. The molecule has 0 aliphatic carbocycles. The number of guanidine groups is 1. The third-order valence-electron chi connectivity index (χ3n) is 5.42. The van der Waals surface area contributed by atoms with Crippen LogP contribution in [-0.4, -0.2) is 71.0 Å². The molecular weight excluding hydrogens is 392 g/mol. The number of rotatable bonds is 9. The van der Waals surface area contributed by atoms with Crippen LogP contribution in [0.25, 0.3) is 0 Å². The molecule has 2 aromatic rings. The van der Waals surface area contributed by atoms with Crippen molar-refractivity contribution in [1.29, 1.82) is 0 Å². The van der Waals surface area contributed by atoms with Crippen LogP contribution in [0.4, 0.5) is 0 Å². The fourth-order valence-electron chi connectivity index (χ4n) is 3.64. The molecule has 0 saturated carbocycles. The van der Waals surface area contributed by atoms with E-state index in [1.807, 2.05) is 43.3 Å². The summed E-state index contributed by atoms with van der Waals surface area (Å²) < 4.78 is 16.7. The molecule has 1 atom stereocenters. The number of para-hydroxylation sites is 1. The van der Waals surface area contributed by atoms with Crippen LogP contribution in [0.5, 0.6) is 11.5 Å². The average molecular weight is 427 g/mol. The molecule has 0 spiro atoms. The molecule has 0 radical (unpaired) electrons. The zero-order valence-electron chi connectivity index (χ0n) is 18.8. The lowest BCUT2D eigenvalue weighted by atomic mass is 10.0. The lowest BCUT2D eigenvalue weighted by Crippen LogP contribution is -2.46. The Bertz CT molecular complexity index is 820. The number of hydrogen-bond donors (Lipinski definition) is 2. The van der Waals surface area contributed by atoms with Crippen molar-refractivity contribution in [3.63, 3.8) is 0 Å². The number of nitrogens with zero attached hydrogens (tertiary/aromatic N) is 2. The molecule has 0 aromatic heterocycles. The molecule has 0 bridgehead atoms. The van der Waals surface area contributed by atoms with Gasteiger partial charge < -0.3 is 24.8 Å². The first-order valence-corrected chi connectivity index (χ1v) is 10.8. The maximum absolute atomic E-state index is 5.86. The molecule has 1 aliphatic rings. The van der Waals surface area contributed by atoms with Crippen molar-refractivity contribution in [2.75, 3.05) is 60.2 Å². The summed E-state index contributed by atoms with van der Waals surface area (Å²) in [6.07, 6.45) is 0. The molecule has 2 N–H and O–H groups in total. The molecule has 2 aromatic carbocycles. The third-order valence-corrected chi connectivity index (χ3v) is 5.42. The number of nitrogens with one attached hydrogen (secondary N) is 2. The van der Waals surface area contributed by atoms with Crippen LogP contribution in [0.1, 0.15) is 17.2 Å². The molecule has 1 fully saturated rings. The van der Waals surface area contributed by atoms with Gasteiger partial charge in [0, 0.05) is 26.7 Å². The van der Waals surface area contributed by atoms with Gasteiger partial charge in [-0.3, -0.25) is 9.89 Å². The van der Waals surface area contributed by atoms with E-state index >= 15 is 0 Å². The fourth-order valence-corrected chi connectivity index (χ4v) is 3.64. The van der Waals surface area contributed by atoms with Gasteiger partial charge in [0.1, 0.15) is 18.1 Å². The van der Waals surface area contributed by atoms with Crippen molar-refractivity contribution in [1.82, 2.24) is 15.5 Å². The van der Waals surface area contributed by atoms with Crippen LogP contribution in [0, 0.1) is 6.92 Å². The number of aliphatic imine (C=N–C) groups is 1. The second kappa shape index (κ2) is 12.2. The highest BCUT2D eigenvalue weighted by atomic mass is 16.5. The number of hydrogen-bond acceptors (Lipinski definition) is 5. The van der Waals surface area contributed by atoms with Crippen LogP contribution >= 0.6 is 0 Å². The van der Waals surface area contributed by atoms with Crippen molar-refractivity contribution >= 4 is 5.96 Å². The van der Waals surface area contributed by atoms with Gasteiger partial charge in [-0.1, -0.05) is 30.3 Å². The van der Waals surface area contributed by atoms with Crippen LogP contribution < -0.4 is 20.1 Å². The molecule has 1 unspecified atom stereocenters. The van der Waals surface area contributed by atoms with Crippen molar-refractivity contribution < 1.29 is 14.2 Å². The van der Waals surface area contributed by atoms with E-state index in [0.29, 0.717) is 13.2 Å². The van der Waals surface area contributed by atoms with E-state index in [1.54, 1.807) is 14.2 Å². The summed E-state index contributed by atoms with van der Waals surface area (Å²) in [5.74, 6) is 2.54. The number of benzene rings is 2.